The molecular weight excluding hydrogens is 274 g/mol. The van der Waals surface area contributed by atoms with Crippen molar-refractivity contribution in [2.75, 3.05) is 37.9 Å². The molecule has 1 atom stereocenters. The molecule has 21 heavy (non-hydrogen) atoms. The van der Waals surface area contributed by atoms with Crippen molar-refractivity contribution < 1.29 is 9.84 Å². The van der Waals surface area contributed by atoms with Crippen LogP contribution in [0.5, 0.6) is 0 Å². The van der Waals surface area contributed by atoms with Crippen molar-refractivity contribution in [1.29, 1.82) is 0 Å². The first-order chi connectivity index (χ1) is 10.2. The van der Waals surface area contributed by atoms with E-state index in [0.29, 0.717) is 37.4 Å². The van der Waals surface area contributed by atoms with Crippen molar-refractivity contribution in [2.45, 2.75) is 12.5 Å². The summed E-state index contributed by atoms with van der Waals surface area (Å²) in [5.41, 5.74) is 0. The maximum Gasteiger partial charge on any atom is 0.241 e. The van der Waals surface area contributed by atoms with Gasteiger partial charge in [0.1, 0.15) is 6.33 Å². The second-order valence-corrected chi connectivity index (χ2v) is 4.33. The second kappa shape index (κ2) is 7.50. The molecule has 3 N–H and O–H groups in total. The molecule has 0 aromatic carbocycles. The molecule has 2 rings (SSSR count). The molecule has 0 saturated carbocycles. The quantitative estimate of drug-likeness (QED) is 0.619. The normalized spacial score (nSPS) is 12.1. The topological polar surface area (TPSA) is 110 Å². The molecule has 0 aliphatic heterocycles. The van der Waals surface area contributed by atoms with Gasteiger partial charge in [-0.25, -0.2) is 4.98 Å². The van der Waals surface area contributed by atoms with Gasteiger partial charge in [0.15, 0.2) is 0 Å². The van der Waals surface area contributed by atoms with E-state index in [1.54, 1.807) is 37.4 Å². The van der Waals surface area contributed by atoms with Crippen molar-refractivity contribution in [1.82, 2.24) is 24.5 Å². The van der Waals surface area contributed by atoms with Gasteiger partial charge >= 0.3 is 0 Å². The molecule has 0 radical (unpaired) electrons. The molecule has 0 fully saturated rings. The molecule has 114 valence electrons. The molecule has 0 amide bonds. The Balaban J connectivity index is 2.03. The Bertz CT molecular complexity index is 547. The Hall–Kier alpha value is -2.26. The molecule has 2 heterocycles. The number of aliphatic hydroxyl groups is 1. The number of nitrogens with one attached hydrogen (secondary N) is 2. The maximum absolute atomic E-state index is 9.59. The molecule has 1 unspecified atom stereocenters. The Kier molecular flexibility index (Phi) is 5.41. The van der Waals surface area contributed by atoms with Crippen LogP contribution in [0.2, 0.25) is 0 Å². The van der Waals surface area contributed by atoms with Gasteiger partial charge in [0.25, 0.3) is 0 Å². The number of aromatic nitrogens is 5. The molecule has 9 nitrogen and oxygen atoms in total. The third kappa shape index (κ3) is 4.36. The Labute approximate surface area is 122 Å². The molecule has 0 aliphatic carbocycles. The standard InChI is InChI=1S/C12H19N7O2/c1-13-10-16-11(15-4-3-9(20)7-21-2)18-12(17-10)19-6-5-14-8-19/h5-6,8-9,20H,3-4,7H2,1-2H3,(H2,13,15,16,17,18). The predicted molar refractivity (Wildman–Crippen MR) is 77.5 cm³/mol. The van der Waals surface area contributed by atoms with E-state index >= 15 is 0 Å². The summed E-state index contributed by atoms with van der Waals surface area (Å²) in [6.45, 7) is 0.835. The largest absolute Gasteiger partial charge is 0.391 e. The fraction of sp³-hybridized carbons (Fsp3) is 0.500. The minimum Gasteiger partial charge on any atom is -0.391 e. The van der Waals surface area contributed by atoms with Gasteiger partial charge in [0.05, 0.1) is 12.7 Å². The predicted octanol–water partition coefficient (Wildman–Crippen LogP) is -0.0917. The summed E-state index contributed by atoms with van der Waals surface area (Å²) >= 11 is 0. The number of nitrogens with zero attached hydrogens (tertiary/aromatic N) is 5. The average molecular weight is 293 g/mol. The zero-order chi connectivity index (χ0) is 15.1. The average Bonchev–Trinajstić information content (AvgIpc) is 3.01. The van der Waals surface area contributed by atoms with Crippen molar-refractivity contribution in [3.63, 3.8) is 0 Å². The molecule has 2 aromatic heterocycles. The van der Waals surface area contributed by atoms with Gasteiger partial charge in [0, 0.05) is 33.1 Å². The highest BCUT2D eigenvalue weighted by Gasteiger charge is 2.08. The van der Waals surface area contributed by atoms with Crippen LogP contribution in [-0.4, -0.2) is 63.0 Å². The smallest absolute Gasteiger partial charge is 0.241 e. The number of hydrogen-bond acceptors (Lipinski definition) is 8. The monoisotopic (exact) mass is 293 g/mol. The molecular formula is C12H19N7O2. The van der Waals surface area contributed by atoms with E-state index in [9.17, 15) is 5.11 Å². The van der Waals surface area contributed by atoms with Crippen LogP contribution in [0.3, 0.4) is 0 Å². The van der Waals surface area contributed by atoms with Crippen LogP contribution in [0.15, 0.2) is 18.7 Å². The van der Waals surface area contributed by atoms with E-state index in [2.05, 4.69) is 30.6 Å². The highest BCUT2D eigenvalue weighted by atomic mass is 16.5. The lowest BCUT2D eigenvalue weighted by Gasteiger charge is -2.11. The summed E-state index contributed by atoms with van der Waals surface area (Å²) in [6, 6.07) is 0. The number of rotatable bonds is 8. The first-order valence-corrected chi connectivity index (χ1v) is 6.56. The van der Waals surface area contributed by atoms with Gasteiger partial charge in [-0.3, -0.25) is 4.57 Å². The van der Waals surface area contributed by atoms with E-state index in [0.717, 1.165) is 0 Å². The molecule has 0 spiro atoms. The number of ether oxygens (including phenoxy) is 1. The van der Waals surface area contributed by atoms with Crippen molar-refractivity contribution in [2.24, 2.45) is 0 Å². The van der Waals surface area contributed by atoms with Gasteiger partial charge in [-0.15, -0.1) is 0 Å². The number of hydrogen-bond donors (Lipinski definition) is 3. The van der Waals surface area contributed by atoms with Gasteiger partial charge in [-0.05, 0) is 6.42 Å². The van der Waals surface area contributed by atoms with Gasteiger partial charge < -0.3 is 20.5 Å². The van der Waals surface area contributed by atoms with Gasteiger partial charge in [-0.1, -0.05) is 0 Å². The van der Waals surface area contributed by atoms with Gasteiger partial charge in [-0.2, -0.15) is 15.0 Å². The Morgan fingerprint density at radius 3 is 2.81 bits per heavy atom. The lowest BCUT2D eigenvalue weighted by Crippen LogP contribution is -2.19. The van der Waals surface area contributed by atoms with Crippen LogP contribution in [0.4, 0.5) is 11.9 Å². The van der Waals surface area contributed by atoms with E-state index in [1.165, 1.54) is 0 Å². The van der Waals surface area contributed by atoms with Crippen LogP contribution in [0.1, 0.15) is 6.42 Å². The zero-order valence-electron chi connectivity index (χ0n) is 12.0. The fourth-order valence-corrected chi connectivity index (χ4v) is 1.67. The van der Waals surface area contributed by atoms with Crippen LogP contribution >= 0.6 is 0 Å². The number of methoxy groups -OCH3 is 1. The van der Waals surface area contributed by atoms with Crippen molar-refractivity contribution in [3.8, 4) is 5.95 Å². The van der Waals surface area contributed by atoms with Crippen LogP contribution in [0, 0.1) is 0 Å². The van der Waals surface area contributed by atoms with Crippen molar-refractivity contribution in [3.05, 3.63) is 18.7 Å². The minimum atomic E-state index is -0.513. The number of anilines is 2. The Morgan fingerprint density at radius 2 is 2.14 bits per heavy atom. The highest BCUT2D eigenvalue weighted by Crippen LogP contribution is 2.09. The third-order valence-electron chi connectivity index (χ3n) is 2.70. The second-order valence-electron chi connectivity index (χ2n) is 4.33. The van der Waals surface area contributed by atoms with E-state index in [-0.39, 0.29) is 0 Å². The Morgan fingerprint density at radius 1 is 1.33 bits per heavy atom. The van der Waals surface area contributed by atoms with Crippen molar-refractivity contribution >= 4 is 11.9 Å². The van der Waals surface area contributed by atoms with Crippen LogP contribution in [-0.2, 0) is 4.74 Å². The summed E-state index contributed by atoms with van der Waals surface area (Å²) in [5.74, 6) is 1.35. The summed E-state index contributed by atoms with van der Waals surface area (Å²) in [6.07, 6.45) is 5.04. The summed E-state index contributed by atoms with van der Waals surface area (Å²) < 4.78 is 6.56. The number of imidazole rings is 1. The molecule has 0 bridgehead atoms. The van der Waals surface area contributed by atoms with Gasteiger partial charge in [0.2, 0.25) is 17.8 Å². The first-order valence-electron chi connectivity index (χ1n) is 6.56. The summed E-state index contributed by atoms with van der Waals surface area (Å²) in [4.78, 5) is 16.7. The molecule has 9 heteroatoms. The summed E-state index contributed by atoms with van der Waals surface area (Å²) in [5, 5.41) is 15.5. The molecule has 0 aliphatic rings. The number of aliphatic hydroxyl groups excluding tert-OH is 1. The summed E-state index contributed by atoms with van der Waals surface area (Å²) in [7, 11) is 3.29. The SMILES string of the molecule is CNc1nc(NCCC(O)COC)nc(-n2ccnc2)n1. The van der Waals surface area contributed by atoms with Crippen LogP contribution in [0.25, 0.3) is 5.95 Å². The van der Waals surface area contributed by atoms with E-state index in [1.807, 2.05) is 0 Å². The maximum atomic E-state index is 9.59. The third-order valence-corrected chi connectivity index (χ3v) is 2.70. The zero-order valence-corrected chi connectivity index (χ0v) is 12.0. The minimum absolute atomic E-state index is 0.306. The first kappa shape index (κ1) is 15.1. The fourth-order valence-electron chi connectivity index (χ4n) is 1.67. The molecule has 0 saturated heterocycles. The lowest BCUT2D eigenvalue weighted by atomic mass is 10.3. The highest BCUT2D eigenvalue weighted by molar-refractivity contribution is 5.37. The van der Waals surface area contributed by atoms with E-state index < -0.39 is 6.10 Å². The van der Waals surface area contributed by atoms with Crippen LogP contribution < -0.4 is 10.6 Å². The molecule has 2 aromatic rings. The lowest BCUT2D eigenvalue weighted by molar-refractivity contribution is 0.0615. The van der Waals surface area contributed by atoms with E-state index in [4.69, 9.17) is 4.74 Å².